The minimum absolute atomic E-state index is 0. The van der Waals surface area contributed by atoms with Crippen LogP contribution in [0.15, 0.2) is 48.5 Å². The lowest BCUT2D eigenvalue weighted by Gasteiger charge is -2.13. The van der Waals surface area contributed by atoms with Crippen LogP contribution in [0.4, 0.5) is 8.78 Å². The van der Waals surface area contributed by atoms with Crippen LogP contribution in [-0.4, -0.2) is 17.0 Å². The zero-order chi connectivity index (χ0) is 18.5. The molecule has 1 aliphatic rings. The summed E-state index contributed by atoms with van der Waals surface area (Å²) in [7, 11) is 0. The van der Waals surface area contributed by atoms with Gasteiger partial charge in [-0.1, -0.05) is 42.5 Å². The third kappa shape index (κ3) is 5.88. The summed E-state index contributed by atoms with van der Waals surface area (Å²) in [5.41, 5.74) is 2.96. The number of carbonyl (C=O) groups excluding carboxylic acids is 1. The molecule has 1 N–H and O–H groups in total. The van der Waals surface area contributed by atoms with Crippen molar-refractivity contribution in [3.8, 4) is 0 Å². The first-order valence-corrected chi connectivity index (χ1v) is 9.19. The van der Waals surface area contributed by atoms with Gasteiger partial charge < -0.3 is 5.11 Å². The minimum Gasteiger partial charge on any atom is -0.393 e. The van der Waals surface area contributed by atoms with E-state index in [4.69, 9.17) is 0 Å². The number of halogens is 2. The van der Waals surface area contributed by atoms with Crippen LogP contribution in [0.3, 0.4) is 0 Å². The van der Waals surface area contributed by atoms with Gasteiger partial charge in [0.15, 0.2) is 5.78 Å². The molecular formula is C22H26F2O2S. The Morgan fingerprint density at radius 1 is 1.04 bits per heavy atom. The number of fused-ring (bicyclic) bond motifs is 1. The fourth-order valence-electron chi connectivity index (χ4n) is 3.72. The Balaban J connectivity index is 0.00000261. The van der Waals surface area contributed by atoms with Crippen LogP contribution in [0.1, 0.15) is 59.2 Å². The monoisotopic (exact) mass is 392 g/mol. The van der Waals surface area contributed by atoms with Crippen LogP contribution in [-0.2, 0) is 12.8 Å². The summed E-state index contributed by atoms with van der Waals surface area (Å²) in [6, 6.07) is 14.0. The van der Waals surface area contributed by atoms with Crippen molar-refractivity contribution in [1.29, 1.82) is 0 Å². The highest BCUT2D eigenvalue weighted by atomic mass is 32.1. The van der Waals surface area contributed by atoms with Crippen LogP contribution in [0.5, 0.6) is 0 Å². The predicted molar refractivity (Wildman–Crippen MR) is 108 cm³/mol. The van der Waals surface area contributed by atoms with E-state index in [1.165, 1.54) is 29.3 Å². The maximum atomic E-state index is 12.7. The molecule has 0 aliphatic heterocycles. The van der Waals surface area contributed by atoms with Gasteiger partial charge in [0, 0.05) is 17.5 Å². The molecule has 27 heavy (non-hydrogen) atoms. The van der Waals surface area contributed by atoms with Gasteiger partial charge >= 0.3 is 0 Å². The molecule has 2 aromatic carbocycles. The number of rotatable bonds is 8. The Hall–Kier alpha value is -1.72. The summed E-state index contributed by atoms with van der Waals surface area (Å²) in [6.45, 7) is 0. The first kappa shape index (κ1) is 21.6. The normalized spacial score (nSPS) is 14.7. The molecule has 0 heterocycles. The van der Waals surface area contributed by atoms with Crippen molar-refractivity contribution in [3.05, 3.63) is 70.8 Å². The molecule has 0 amide bonds. The predicted octanol–water partition coefficient (Wildman–Crippen LogP) is 5.26. The first-order valence-electron chi connectivity index (χ1n) is 9.19. The lowest BCUT2D eigenvalue weighted by molar-refractivity contribution is 0.0926. The number of hydrogen-bond donors (Lipinski definition) is 1. The highest BCUT2D eigenvalue weighted by Crippen LogP contribution is 2.30. The number of benzene rings is 2. The van der Waals surface area contributed by atoms with Crippen LogP contribution < -0.4 is 0 Å². The van der Waals surface area contributed by atoms with Gasteiger partial charge in [0.05, 0.1) is 6.10 Å². The Bertz CT molecular complexity index is 738. The average molecular weight is 393 g/mol. The fourth-order valence-corrected chi connectivity index (χ4v) is 3.72. The Labute approximate surface area is 166 Å². The standard InChI is InChI=1S/C22H24F2O2.H2S/c23-22(24)19-7-3-6-18(14-19)21(26)11-10-20(25)9-8-15-12-16-4-1-2-5-17(16)13-15;/h1-7,14-15,20,22,25H,8-13H2;1H2/t20-;/m0./s1. The third-order valence-corrected chi connectivity index (χ3v) is 5.21. The molecule has 0 radical (unpaired) electrons. The van der Waals surface area contributed by atoms with E-state index in [9.17, 15) is 18.7 Å². The van der Waals surface area contributed by atoms with Crippen molar-refractivity contribution in [3.63, 3.8) is 0 Å². The van der Waals surface area contributed by atoms with E-state index in [1.54, 1.807) is 6.07 Å². The fraction of sp³-hybridized carbons (Fsp3) is 0.409. The zero-order valence-corrected chi connectivity index (χ0v) is 16.2. The highest BCUT2D eigenvalue weighted by Gasteiger charge is 2.22. The van der Waals surface area contributed by atoms with Crippen molar-refractivity contribution in [1.82, 2.24) is 0 Å². The number of aliphatic hydroxyl groups is 1. The molecule has 0 saturated heterocycles. The molecule has 0 bridgehead atoms. The molecule has 2 nitrogen and oxygen atoms in total. The van der Waals surface area contributed by atoms with Gasteiger partial charge in [0.1, 0.15) is 0 Å². The SMILES string of the molecule is O=C(CC[C@@H](O)CCC1Cc2ccccc2C1)c1cccc(C(F)F)c1.S. The van der Waals surface area contributed by atoms with E-state index >= 15 is 0 Å². The van der Waals surface area contributed by atoms with Gasteiger partial charge in [0.2, 0.25) is 0 Å². The van der Waals surface area contributed by atoms with Crippen molar-refractivity contribution in [2.24, 2.45) is 5.92 Å². The summed E-state index contributed by atoms with van der Waals surface area (Å²) in [6.07, 6.45) is 1.17. The number of hydrogen-bond acceptors (Lipinski definition) is 2. The topological polar surface area (TPSA) is 37.3 Å². The summed E-state index contributed by atoms with van der Waals surface area (Å²) >= 11 is 0. The minimum atomic E-state index is -2.58. The summed E-state index contributed by atoms with van der Waals surface area (Å²) in [5.74, 6) is 0.361. The second kappa shape index (κ2) is 10.00. The van der Waals surface area contributed by atoms with E-state index in [0.717, 1.165) is 19.3 Å². The summed E-state index contributed by atoms with van der Waals surface area (Å²) < 4.78 is 25.4. The molecule has 2 aromatic rings. The first-order chi connectivity index (χ1) is 12.5. The Kier molecular flexibility index (Phi) is 7.99. The van der Waals surface area contributed by atoms with Crippen molar-refractivity contribution in [2.75, 3.05) is 0 Å². The van der Waals surface area contributed by atoms with Gasteiger partial charge in [-0.3, -0.25) is 4.79 Å². The lowest BCUT2D eigenvalue weighted by Crippen LogP contribution is -2.12. The zero-order valence-electron chi connectivity index (χ0n) is 15.2. The van der Waals surface area contributed by atoms with Gasteiger partial charge in [0.25, 0.3) is 6.43 Å². The van der Waals surface area contributed by atoms with Crippen LogP contribution in [0.2, 0.25) is 0 Å². The highest BCUT2D eigenvalue weighted by molar-refractivity contribution is 7.59. The van der Waals surface area contributed by atoms with E-state index in [-0.39, 0.29) is 31.3 Å². The van der Waals surface area contributed by atoms with E-state index in [1.807, 2.05) is 0 Å². The van der Waals surface area contributed by atoms with E-state index in [2.05, 4.69) is 24.3 Å². The second-order valence-corrected chi connectivity index (χ2v) is 7.16. The molecule has 1 aliphatic carbocycles. The van der Waals surface area contributed by atoms with Crippen LogP contribution >= 0.6 is 13.5 Å². The molecule has 0 aromatic heterocycles. The number of aliphatic hydroxyl groups excluding tert-OH is 1. The summed E-state index contributed by atoms with van der Waals surface area (Å²) in [5, 5.41) is 10.2. The number of ketones is 1. The maximum absolute atomic E-state index is 12.7. The van der Waals surface area contributed by atoms with Crippen LogP contribution in [0.25, 0.3) is 0 Å². The van der Waals surface area contributed by atoms with Gasteiger partial charge in [-0.2, -0.15) is 13.5 Å². The Morgan fingerprint density at radius 2 is 1.70 bits per heavy atom. The molecule has 0 fully saturated rings. The largest absolute Gasteiger partial charge is 0.393 e. The molecule has 0 spiro atoms. The van der Waals surface area contributed by atoms with Crippen molar-refractivity contribution in [2.45, 2.75) is 51.1 Å². The maximum Gasteiger partial charge on any atom is 0.263 e. The molecule has 1 atom stereocenters. The smallest absolute Gasteiger partial charge is 0.263 e. The summed E-state index contributed by atoms with van der Waals surface area (Å²) in [4.78, 5) is 12.2. The lowest BCUT2D eigenvalue weighted by atomic mass is 9.95. The number of alkyl halides is 2. The molecule has 5 heteroatoms. The molecule has 3 rings (SSSR count). The van der Waals surface area contributed by atoms with Gasteiger partial charge in [-0.15, -0.1) is 0 Å². The number of carbonyl (C=O) groups is 1. The van der Waals surface area contributed by atoms with Crippen molar-refractivity contribution < 1.29 is 18.7 Å². The second-order valence-electron chi connectivity index (χ2n) is 7.16. The van der Waals surface area contributed by atoms with E-state index < -0.39 is 12.5 Å². The average Bonchev–Trinajstić information content (AvgIpc) is 3.07. The van der Waals surface area contributed by atoms with Gasteiger partial charge in [-0.05, 0) is 55.2 Å². The Morgan fingerprint density at radius 3 is 2.33 bits per heavy atom. The molecule has 146 valence electrons. The van der Waals surface area contributed by atoms with Crippen LogP contribution in [0, 0.1) is 5.92 Å². The molecule has 0 unspecified atom stereocenters. The molecular weight excluding hydrogens is 366 g/mol. The molecule has 0 saturated carbocycles. The number of Topliss-reactive ketones (excluding diaryl/α,β-unsaturated/α-hetero) is 1. The third-order valence-electron chi connectivity index (χ3n) is 5.21. The van der Waals surface area contributed by atoms with Gasteiger partial charge in [-0.25, -0.2) is 8.78 Å². The quantitative estimate of drug-likeness (QED) is 0.623. The van der Waals surface area contributed by atoms with Crippen molar-refractivity contribution >= 4 is 19.3 Å². The van der Waals surface area contributed by atoms with E-state index in [0.29, 0.717) is 24.3 Å².